The van der Waals surface area contributed by atoms with Crippen LogP contribution in [0.3, 0.4) is 0 Å². The third kappa shape index (κ3) is 5.13. The van der Waals surface area contributed by atoms with Gasteiger partial charge in [0.05, 0.1) is 21.2 Å². The van der Waals surface area contributed by atoms with Gasteiger partial charge >= 0.3 is 0 Å². The SMILES string of the molecule is Cc1c(NC(=S)NC(=O)COc2ccccc2Cl)cccc1[N+](=O)[O-]. The third-order valence-electron chi connectivity index (χ3n) is 3.20. The maximum atomic E-state index is 11.9. The highest BCUT2D eigenvalue weighted by Crippen LogP contribution is 2.25. The van der Waals surface area contributed by atoms with Gasteiger partial charge in [-0.3, -0.25) is 20.2 Å². The van der Waals surface area contributed by atoms with Crippen LogP contribution in [-0.4, -0.2) is 22.5 Å². The van der Waals surface area contributed by atoms with Crippen LogP contribution in [0, 0.1) is 17.0 Å². The van der Waals surface area contributed by atoms with E-state index in [4.69, 9.17) is 28.6 Å². The van der Waals surface area contributed by atoms with E-state index in [9.17, 15) is 14.9 Å². The Kier molecular flexibility index (Phi) is 6.26. The first-order valence-electron chi connectivity index (χ1n) is 7.10. The number of benzene rings is 2. The molecule has 0 aliphatic rings. The van der Waals surface area contributed by atoms with Gasteiger partial charge in [-0.05, 0) is 37.3 Å². The van der Waals surface area contributed by atoms with Crippen molar-refractivity contribution >= 4 is 46.2 Å². The molecule has 130 valence electrons. The van der Waals surface area contributed by atoms with Gasteiger partial charge in [-0.1, -0.05) is 29.8 Å². The summed E-state index contributed by atoms with van der Waals surface area (Å²) >= 11 is 11.0. The molecule has 1 amide bonds. The van der Waals surface area contributed by atoms with Gasteiger partial charge in [-0.15, -0.1) is 0 Å². The Hall–Kier alpha value is -2.71. The van der Waals surface area contributed by atoms with Gasteiger partial charge in [0.15, 0.2) is 11.7 Å². The van der Waals surface area contributed by atoms with Crippen molar-refractivity contribution in [3.63, 3.8) is 0 Å². The minimum atomic E-state index is -0.487. The van der Waals surface area contributed by atoms with Gasteiger partial charge < -0.3 is 10.1 Å². The predicted molar refractivity (Wildman–Crippen MR) is 99.1 cm³/mol. The quantitative estimate of drug-likeness (QED) is 0.469. The lowest BCUT2D eigenvalue weighted by Gasteiger charge is -2.12. The van der Waals surface area contributed by atoms with E-state index < -0.39 is 10.8 Å². The molecule has 0 unspecified atom stereocenters. The number of amides is 1. The molecule has 0 bridgehead atoms. The fourth-order valence-electron chi connectivity index (χ4n) is 1.98. The number of nitrogens with zero attached hydrogens (tertiary/aromatic N) is 1. The highest BCUT2D eigenvalue weighted by molar-refractivity contribution is 7.80. The molecule has 0 spiro atoms. The molecule has 0 saturated heterocycles. The highest BCUT2D eigenvalue weighted by atomic mass is 35.5. The van der Waals surface area contributed by atoms with Crippen molar-refractivity contribution in [3.8, 4) is 5.75 Å². The summed E-state index contributed by atoms with van der Waals surface area (Å²) in [6.45, 7) is 1.31. The summed E-state index contributed by atoms with van der Waals surface area (Å²) < 4.78 is 5.30. The number of nitro groups is 1. The van der Waals surface area contributed by atoms with Crippen LogP contribution in [-0.2, 0) is 4.79 Å². The molecule has 0 atom stereocenters. The van der Waals surface area contributed by atoms with Gasteiger partial charge in [0.2, 0.25) is 0 Å². The summed E-state index contributed by atoms with van der Waals surface area (Å²) in [5.41, 5.74) is 0.809. The predicted octanol–water partition coefficient (Wildman–Crippen LogP) is 3.45. The standard InChI is InChI=1S/C16H14ClN3O4S/c1-10-12(6-4-7-13(10)20(22)23)18-16(25)19-15(21)9-24-14-8-3-2-5-11(14)17/h2-8H,9H2,1H3,(H2,18,19,21,25). The van der Waals surface area contributed by atoms with Crippen molar-refractivity contribution in [2.24, 2.45) is 0 Å². The second kappa shape index (κ2) is 8.41. The number of carbonyl (C=O) groups excluding carboxylic acids is 1. The average molecular weight is 380 g/mol. The summed E-state index contributed by atoms with van der Waals surface area (Å²) in [6.07, 6.45) is 0. The molecule has 0 fully saturated rings. The molecule has 25 heavy (non-hydrogen) atoms. The largest absolute Gasteiger partial charge is 0.482 e. The van der Waals surface area contributed by atoms with Crippen molar-refractivity contribution in [1.82, 2.24) is 5.32 Å². The van der Waals surface area contributed by atoms with Crippen LogP contribution in [0.4, 0.5) is 11.4 Å². The molecule has 0 aromatic heterocycles. The van der Waals surface area contributed by atoms with E-state index in [0.717, 1.165) is 0 Å². The van der Waals surface area contributed by atoms with Crippen LogP contribution in [0.15, 0.2) is 42.5 Å². The van der Waals surface area contributed by atoms with Crippen molar-refractivity contribution in [2.75, 3.05) is 11.9 Å². The van der Waals surface area contributed by atoms with E-state index in [-0.39, 0.29) is 17.4 Å². The van der Waals surface area contributed by atoms with Gasteiger partial charge in [-0.2, -0.15) is 0 Å². The fourth-order valence-corrected chi connectivity index (χ4v) is 2.39. The van der Waals surface area contributed by atoms with Crippen molar-refractivity contribution in [3.05, 3.63) is 63.2 Å². The number of anilines is 1. The topological polar surface area (TPSA) is 93.5 Å². The Balaban J connectivity index is 1.92. The van der Waals surface area contributed by atoms with Crippen LogP contribution in [0.1, 0.15) is 5.56 Å². The third-order valence-corrected chi connectivity index (χ3v) is 3.71. The minimum Gasteiger partial charge on any atom is -0.482 e. The average Bonchev–Trinajstić information content (AvgIpc) is 2.55. The van der Waals surface area contributed by atoms with E-state index in [1.807, 2.05) is 0 Å². The minimum absolute atomic E-state index is 0.0105. The lowest BCUT2D eigenvalue weighted by Crippen LogP contribution is -2.37. The number of carbonyl (C=O) groups is 1. The number of halogens is 1. The van der Waals surface area contributed by atoms with Crippen LogP contribution in [0.25, 0.3) is 0 Å². The van der Waals surface area contributed by atoms with E-state index in [1.54, 1.807) is 37.3 Å². The van der Waals surface area contributed by atoms with Gasteiger partial charge in [-0.25, -0.2) is 0 Å². The monoisotopic (exact) mass is 379 g/mol. The first-order valence-corrected chi connectivity index (χ1v) is 7.89. The van der Waals surface area contributed by atoms with Crippen LogP contribution in [0.5, 0.6) is 5.75 Å². The Morgan fingerprint density at radius 2 is 2.00 bits per heavy atom. The zero-order valence-corrected chi connectivity index (χ0v) is 14.7. The summed E-state index contributed by atoms with van der Waals surface area (Å²) in [5.74, 6) is -0.103. The molecule has 0 aliphatic heterocycles. The Morgan fingerprint density at radius 1 is 1.28 bits per heavy atom. The summed E-state index contributed by atoms with van der Waals surface area (Å²) in [6, 6.07) is 11.3. The number of para-hydroxylation sites is 1. The number of hydrogen-bond donors (Lipinski definition) is 2. The molecule has 2 aromatic carbocycles. The highest BCUT2D eigenvalue weighted by Gasteiger charge is 2.14. The maximum absolute atomic E-state index is 11.9. The second-order valence-electron chi connectivity index (χ2n) is 4.93. The lowest BCUT2D eigenvalue weighted by molar-refractivity contribution is -0.385. The smallest absolute Gasteiger partial charge is 0.274 e. The molecular formula is C16H14ClN3O4S. The number of nitro benzene ring substituents is 1. The van der Waals surface area contributed by atoms with E-state index in [2.05, 4.69) is 10.6 Å². The molecule has 0 aliphatic carbocycles. The first kappa shape index (κ1) is 18.6. The summed E-state index contributed by atoms with van der Waals surface area (Å²) in [4.78, 5) is 22.3. The summed E-state index contributed by atoms with van der Waals surface area (Å²) in [7, 11) is 0. The fraction of sp³-hybridized carbons (Fsp3) is 0.125. The second-order valence-corrected chi connectivity index (χ2v) is 5.74. The van der Waals surface area contributed by atoms with Gasteiger partial charge in [0.25, 0.3) is 11.6 Å². The van der Waals surface area contributed by atoms with Gasteiger partial charge in [0, 0.05) is 6.07 Å². The number of nitrogens with one attached hydrogen (secondary N) is 2. The van der Waals surface area contributed by atoms with Crippen LogP contribution in [0.2, 0.25) is 5.02 Å². The number of hydrogen-bond acceptors (Lipinski definition) is 5. The van der Waals surface area contributed by atoms with Crippen LogP contribution >= 0.6 is 23.8 Å². The zero-order chi connectivity index (χ0) is 18.4. The van der Waals surface area contributed by atoms with Crippen molar-refractivity contribution in [2.45, 2.75) is 6.92 Å². The number of thiocarbonyl (C=S) groups is 1. The summed E-state index contributed by atoms with van der Waals surface area (Å²) in [5, 5.41) is 16.5. The molecule has 2 N–H and O–H groups in total. The maximum Gasteiger partial charge on any atom is 0.274 e. The Bertz CT molecular complexity index is 829. The van der Waals surface area contributed by atoms with E-state index in [1.165, 1.54) is 12.1 Å². The molecule has 9 heteroatoms. The van der Waals surface area contributed by atoms with E-state index in [0.29, 0.717) is 22.0 Å². The Labute approximate surface area is 154 Å². The molecule has 0 saturated carbocycles. The molecule has 0 radical (unpaired) electrons. The zero-order valence-electron chi connectivity index (χ0n) is 13.1. The van der Waals surface area contributed by atoms with Crippen molar-refractivity contribution < 1.29 is 14.5 Å². The van der Waals surface area contributed by atoms with E-state index >= 15 is 0 Å². The Morgan fingerprint density at radius 3 is 2.68 bits per heavy atom. The van der Waals surface area contributed by atoms with Crippen molar-refractivity contribution in [1.29, 1.82) is 0 Å². The molecule has 0 heterocycles. The molecule has 7 nitrogen and oxygen atoms in total. The van der Waals surface area contributed by atoms with Crippen LogP contribution < -0.4 is 15.4 Å². The molecule has 2 aromatic rings. The van der Waals surface area contributed by atoms with Gasteiger partial charge in [0.1, 0.15) is 5.75 Å². The normalized spacial score (nSPS) is 10.0. The lowest BCUT2D eigenvalue weighted by atomic mass is 10.1. The molecule has 2 rings (SSSR count). The first-order chi connectivity index (χ1) is 11.9. The molecular weight excluding hydrogens is 366 g/mol. The number of ether oxygens (including phenoxy) is 1. The number of rotatable bonds is 5.